The quantitative estimate of drug-likeness (QED) is 0.650. The molecule has 20 heavy (non-hydrogen) atoms. The van der Waals surface area contributed by atoms with E-state index in [0.717, 1.165) is 50.3 Å². The summed E-state index contributed by atoms with van der Waals surface area (Å²) in [6.45, 7) is 5.35. The van der Waals surface area contributed by atoms with E-state index in [0.29, 0.717) is 0 Å². The Kier molecular flexibility index (Phi) is 8.67. The number of unbranched alkanes of at least 4 members (excludes halogenated alkanes) is 2. The summed E-state index contributed by atoms with van der Waals surface area (Å²) in [7, 11) is 2.11. The fourth-order valence-electron chi connectivity index (χ4n) is 2.20. The van der Waals surface area contributed by atoms with E-state index in [-0.39, 0.29) is 6.61 Å². The lowest BCUT2D eigenvalue weighted by Gasteiger charge is -2.23. The maximum absolute atomic E-state index is 8.81. The van der Waals surface area contributed by atoms with E-state index in [1.54, 1.807) is 0 Å². The molecule has 1 rings (SSSR count). The van der Waals surface area contributed by atoms with Crippen molar-refractivity contribution in [3.63, 3.8) is 0 Å². The summed E-state index contributed by atoms with van der Waals surface area (Å²) < 4.78 is 0. The first kappa shape index (κ1) is 17.3. The predicted molar refractivity (Wildman–Crippen MR) is 87.7 cm³/mol. The average Bonchev–Trinajstić information content (AvgIpc) is 2.45. The van der Waals surface area contributed by atoms with Gasteiger partial charge in [-0.15, -0.1) is 0 Å². The molecule has 0 amide bonds. The molecule has 0 aliphatic carbocycles. The minimum atomic E-state index is 0.285. The lowest BCUT2D eigenvalue weighted by Crippen LogP contribution is -2.22. The second-order valence-electron chi connectivity index (χ2n) is 5.16. The first-order chi connectivity index (χ1) is 9.69. The van der Waals surface area contributed by atoms with Crippen LogP contribution in [0.15, 0.2) is 18.2 Å². The highest BCUT2D eigenvalue weighted by Gasteiger charge is 2.08. The number of benzene rings is 1. The number of aliphatic hydroxyl groups excluding tert-OH is 1. The van der Waals surface area contributed by atoms with Crippen LogP contribution in [0.3, 0.4) is 0 Å². The molecule has 0 aliphatic rings. The van der Waals surface area contributed by atoms with E-state index in [1.165, 1.54) is 11.3 Å². The van der Waals surface area contributed by atoms with Gasteiger partial charge in [0, 0.05) is 37.5 Å². The molecule has 1 aromatic rings. The molecule has 0 unspecified atom stereocenters. The maximum Gasteiger partial charge on any atom is 0.0431 e. The van der Waals surface area contributed by atoms with Crippen molar-refractivity contribution in [3.05, 3.63) is 28.8 Å². The maximum atomic E-state index is 8.81. The monoisotopic (exact) mass is 298 g/mol. The molecule has 1 aromatic carbocycles. The van der Waals surface area contributed by atoms with E-state index < -0.39 is 0 Å². The Hall–Kier alpha value is -0.770. The van der Waals surface area contributed by atoms with Crippen molar-refractivity contribution in [2.75, 3.05) is 31.6 Å². The Labute approximate surface area is 127 Å². The number of nitrogens with one attached hydrogen (secondary N) is 1. The van der Waals surface area contributed by atoms with Gasteiger partial charge in [0.2, 0.25) is 0 Å². The van der Waals surface area contributed by atoms with E-state index in [1.807, 2.05) is 12.1 Å². The standard InChI is InChI=1S/C16H27ClN2O/c1-3-9-18-13-14-7-8-15(17)12-16(14)19(2)10-5-4-6-11-20/h7-8,12,18,20H,3-6,9-11,13H2,1-2H3. The number of aliphatic hydroxyl groups is 1. The molecule has 0 spiro atoms. The van der Waals surface area contributed by atoms with Crippen LogP contribution in [-0.4, -0.2) is 31.9 Å². The van der Waals surface area contributed by atoms with Crippen molar-refractivity contribution < 1.29 is 5.11 Å². The minimum absolute atomic E-state index is 0.285. The van der Waals surface area contributed by atoms with Crippen molar-refractivity contribution in [3.8, 4) is 0 Å². The molecule has 0 saturated heterocycles. The van der Waals surface area contributed by atoms with Crippen molar-refractivity contribution >= 4 is 17.3 Å². The molecule has 114 valence electrons. The topological polar surface area (TPSA) is 35.5 Å². The summed E-state index contributed by atoms with van der Waals surface area (Å²) in [5, 5.41) is 13.0. The number of halogens is 1. The van der Waals surface area contributed by atoms with E-state index >= 15 is 0 Å². The van der Waals surface area contributed by atoms with Crippen LogP contribution in [-0.2, 0) is 6.54 Å². The lowest BCUT2D eigenvalue weighted by atomic mass is 10.1. The second kappa shape index (κ2) is 10.0. The Morgan fingerprint density at radius 3 is 2.75 bits per heavy atom. The molecule has 0 radical (unpaired) electrons. The van der Waals surface area contributed by atoms with E-state index in [4.69, 9.17) is 16.7 Å². The van der Waals surface area contributed by atoms with Gasteiger partial charge in [-0.3, -0.25) is 0 Å². The summed E-state index contributed by atoms with van der Waals surface area (Å²) in [5.74, 6) is 0. The van der Waals surface area contributed by atoms with Gasteiger partial charge in [-0.2, -0.15) is 0 Å². The van der Waals surface area contributed by atoms with Gasteiger partial charge in [-0.25, -0.2) is 0 Å². The molecule has 3 nitrogen and oxygen atoms in total. The minimum Gasteiger partial charge on any atom is -0.396 e. The van der Waals surface area contributed by atoms with Crippen LogP contribution in [0.2, 0.25) is 5.02 Å². The van der Waals surface area contributed by atoms with Gasteiger partial charge < -0.3 is 15.3 Å². The summed E-state index contributed by atoms with van der Waals surface area (Å²) >= 11 is 6.13. The summed E-state index contributed by atoms with van der Waals surface area (Å²) in [5.41, 5.74) is 2.48. The molecule has 0 fully saturated rings. The SMILES string of the molecule is CCCNCc1ccc(Cl)cc1N(C)CCCCCO. The van der Waals surface area contributed by atoms with Crippen LogP contribution in [0.1, 0.15) is 38.2 Å². The molecular weight excluding hydrogens is 272 g/mol. The van der Waals surface area contributed by atoms with Gasteiger partial charge >= 0.3 is 0 Å². The van der Waals surface area contributed by atoms with Gasteiger partial charge in [0.05, 0.1) is 0 Å². The number of hydrogen-bond donors (Lipinski definition) is 2. The van der Waals surface area contributed by atoms with Crippen LogP contribution in [0.5, 0.6) is 0 Å². The number of nitrogens with zero attached hydrogens (tertiary/aromatic N) is 1. The fourth-order valence-corrected chi connectivity index (χ4v) is 2.37. The van der Waals surface area contributed by atoms with Crippen molar-refractivity contribution in [1.29, 1.82) is 0 Å². The van der Waals surface area contributed by atoms with E-state index in [9.17, 15) is 0 Å². The highest BCUT2D eigenvalue weighted by Crippen LogP contribution is 2.24. The Bertz CT molecular complexity index is 385. The summed E-state index contributed by atoms with van der Waals surface area (Å²) in [6.07, 6.45) is 4.17. The highest BCUT2D eigenvalue weighted by atomic mass is 35.5. The predicted octanol–water partition coefficient (Wildman–Crippen LogP) is 3.44. The molecule has 0 bridgehead atoms. The molecule has 2 N–H and O–H groups in total. The van der Waals surface area contributed by atoms with Crippen LogP contribution >= 0.6 is 11.6 Å². The van der Waals surface area contributed by atoms with Gasteiger partial charge in [0.15, 0.2) is 0 Å². The van der Waals surface area contributed by atoms with Crippen molar-refractivity contribution in [2.45, 2.75) is 39.2 Å². The third kappa shape index (κ3) is 6.12. The first-order valence-electron chi connectivity index (χ1n) is 7.50. The molecule has 0 saturated carbocycles. The third-order valence-electron chi connectivity index (χ3n) is 3.35. The van der Waals surface area contributed by atoms with Crippen LogP contribution < -0.4 is 10.2 Å². The Balaban J connectivity index is 2.62. The molecule has 4 heteroatoms. The Morgan fingerprint density at radius 1 is 1.25 bits per heavy atom. The van der Waals surface area contributed by atoms with Gasteiger partial charge in [0.1, 0.15) is 0 Å². The number of rotatable bonds is 10. The third-order valence-corrected chi connectivity index (χ3v) is 3.59. The molecule has 0 aliphatic heterocycles. The number of hydrogen-bond acceptors (Lipinski definition) is 3. The largest absolute Gasteiger partial charge is 0.396 e. The molecule has 0 aromatic heterocycles. The first-order valence-corrected chi connectivity index (χ1v) is 7.88. The highest BCUT2D eigenvalue weighted by molar-refractivity contribution is 6.30. The zero-order chi connectivity index (χ0) is 14.8. The van der Waals surface area contributed by atoms with E-state index in [2.05, 4.69) is 30.3 Å². The fraction of sp³-hybridized carbons (Fsp3) is 0.625. The van der Waals surface area contributed by atoms with Crippen LogP contribution in [0.25, 0.3) is 0 Å². The summed E-state index contributed by atoms with van der Waals surface area (Å²) in [4.78, 5) is 2.26. The molecule has 0 atom stereocenters. The van der Waals surface area contributed by atoms with Gasteiger partial charge in [0.25, 0.3) is 0 Å². The Morgan fingerprint density at radius 2 is 2.05 bits per heavy atom. The van der Waals surface area contributed by atoms with Crippen LogP contribution in [0, 0.1) is 0 Å². The van der Waals surface area contributed by atoms with Gasteiger partial charge in [-0.1, -0.05) is 24.6 Å². The van der Waals surface area contributed by atoms with Crippen LogP contribution in [0.4, 0.5) is 5.69 Å². The normalized spacial score (nSPS) is 10.8. The zero-order valence-electron chi connectivity index (χ0n) is 12.7. The lowest BCUT2D eigenvalue weighted by molar-refractivity contribution is 0.283. The number of anilines is 1. The summed E-state index contributed by atoms with van der Waals surface area (Å²) in [6, 6.07) is 6.09. The zero-order valence-corrected chi connectivity index (χ0v) is 13.4. The second-order valence-corrected chi connectivity index (χ2v) is 5.59. The molecule has 0 heterocycles. The van der Waals surface area contributed by atoms with Gasteiger partial charge in [-0.05, 0) is 49.9 Å². The average molecular weight is 299 g/mol. The molecular formula is C16H27ClN2O. The smallest absolute Gasteiger partial charge is 0.0431 e. The van der Waals surface area contributed by atoms with Crippen molar-refractivity contribution in [2.24, 2.45) is 0 Å². The van der Waals surface area contributed by atoms with Crippen molar-refractivity contribution in [1.82, 2.24) is 5.32 Å².